The van der Waals surface area contributed by atoms with Crippen molar-refractivity contribution in [2.45, 2.75) is 64.8 Å². The smallest absolute Gasteiger partial charge is 0.146 e. The highest BCUT2D eigenvalue weighted by molar-refractivity contribution is 7.19. The lowest BCUT2D eigenvalue weighted by Gasteiger charge is -2.35. The summed E-state index contributed by atoms with van der Waals surface area (Å²) in [7, 11) is 2.30. The van der Waals surface area contributed by atoms with Crippen LogP contribution in [0, 0.1) is 5.92 Å². The highest BCUT2D eigenvalue weighted by Crippen LogP contribution is 2.40. The summed E-state index contributed by atoms with van der Waals surface area (Å²) in [5, 5.41) is 1.39. The zero-order valence-electron chi connectivity index (χ0n) is 20.7. The summed E-state index contributed by atoms with van der Waals surface area (Å²) in [6, 6.07) is 0. The van der Waals surface area contributed by atoms with Gasteiger partial charge in [-0.1, -0.05) is 13.3 Å². The lowest BCUT2D eigenvalue weighted by atomic mass is 9.94. The highest BCUT2D eigenvalue weighted by atomic mass is 32.1. The van der Waals surface area contributed by atoms with E-state index < -0.39 is 0 Å². The quantitative estimate of drug-likeness (QED) is 0.570. The van der Waals surface area contributed by atoms with Gasteiger partial charge in [0, 0.05) is 37.6 Å². The molecule has 0 unspecified atom stereocenters. The van der Waals surface area contributed by atoms with E-state index in [2.05, 4.69) is 28.7 Å². The number of fused-ring (bicyclic) bond motifs is 3. The van der Waals surface area contributed by atoms with E-state index >= 15 is 0 Å². The number of aryl methyl sites for hydroxylation is 2. The van der Waals surface area contributed by atoms with Crippen molar-refractivity contribution in [3.63, 3.8) is 0 Å². The third kappa shape index (κ3) is 5.53. The first-order chi connectivity index (χ1) is 16.2. The average Bonchev–Trinajstić information content (AvgIpc) is 3.22. The zero-order valence-corrected chi connectivity index (χ0v) is 21.5. The van der Waals surface area contributed by atoms with Crippen LogP contribution in [0.2, 0.25) is 0 Å². The third-order valence-corrected chi connectivity index (χ3v) is 8.87. The number of rotatable bonds is 8. The molecule has 7 heteroatoms. The Labute approximate surface area is 203 Å². The van der Waals surface area contributed by atoms with Gasteiger partial charge in [-0.15, -0.1) is 11.3 Å². The van der Waals surface area contributed by atoms with Gasteiger partial charge in [0.05, 0.1) is 25.1 Å². The van der Waals surface area contributed by atoms with Crippen molar-refractivity contribution in [2.75, 3.05) is 64.4 Å². The molecule has 0 aromatic carbocycles. The molecule has 2 fully saturated rings. The number of thiophene rings is 1. The summed E-state index contributed by atoms with van der Waals surface area (Å²) >= 11 is 1.94. The largest absolute Gasteiger partial charge is 0.379 e. The van der Waals surface area contributed by atoms with Crippen LogP contribution in [0.3, 0.4) is 0 Å². The minimum Gasteiger partial charge on any atom is -0.379 e. The summed E-state index contributed by atoms with van der Waals surface area (Å²) in [5.74, 6) is 3.05. The highest BCUT2D eigenvalue weighted by Gasteiger charge is 2.27. The number of unbranched alkanes of at least 4 members (excludes halogenated alkanes) is 1. The standard InChI is InChI=1S/C26H41N5OS/c1-3-4-11-29(2)18-20-9-12-31(13-10-20)25-24-21-7-5-6-8-22(21)33-26(24)28-23(27-25)19-30-14-16-32-17-15-30/h20H,3-19H2,1-2H3. The van der Waals surface area contributed by atoms with E-state index in [1.165, 1.54) is 80.5 Å². The van der Waals surface area contributed by atoms with Gasteiger partial charge in [0.25, 0.3) is 0 Å². The maximum Gasteiger partial charge on any atom is 0.146 e. The Morgan fingerprint density at radius 1 is 1.06 bits per heavy atom. The third-order valence-electron chi connectivity index (χ3n) is 7.69. The first kappa shape index (κ1) is 23.5. The van der Waals surface area contributed by atoms with E-state index in [1.54, 1.807) is 10.4 Å². The molecule has 0 amide bonds. The van der Waals surface area contributed by atoms with Crippen LogP contribution in [0.5, 0.6) is 0 Å². The molecule has 1 aliphatic carbocycles. The summed E-state index contributed by atoms with van der Waals surface area (Å²) in [6.45, 7) is 11.5. The van der Waals surface area contributed by atoms with Crippen LogP contribution < -0.4 is 4.90 Å². The van der Waals surface area contributed by atoms with E-state index in [1.807, 2.05) is 11.3 Å². The number of ether oxygens (including phenoxy) is 1. The van der Waals surface area contributed by atoms with E-state index in [0.717, 1.165) is 57.7 Å². The Kier molecular flexibility index (Phi) is 7.80. The van der Waals surface area contributed by atoms with Crippen LogP contribution in [-0.4, -0.2) is 79.3 Å². The lowest BCUT2D eigenvalue weighted by Crippen LogP contribution is -2.39. The van der Waals surface area contributed by atoms with Crippen LogP contribution in [0.4, 0.5) is 5.82 Å². The summed E-state index contributed by atoms with van der Waals surface area (Å²) in [5.41, 5.74) is 1.57. The number of nitrogens with zero attached hydrogens (tertiary/aromatic N) is 5. The monoisotopic (exact) mass is 471 g/mol. The number of aromatic nitrogens is 2. The van der Waals surface area contributed by atoms with Gasteiger partial charge in [-0.3, -0.25) is 4.90 Å². The molecule has 2 aromatic heterocycles. The molecule has 33 heavy (non-hydrogen) atoms. The lowest BCUT2D eigenvalue weighted by molar-refractivity contribution is 0.0331. The van der Waals surface area contributed by atoms with Gasteiger partial charge in [0.2, 0.25) is 0 Å². The fraction of sp³-hybridized carbons (Fsp3) is 0.769. The maximum absolute atomic E-state index is 5.55. The van der Waals surface area contributed by atoms with Crippen molar-refractivity contribution in [3.05, 3.63) is 16.3 Å². The molecule has 2 aliphatic heterocycles. The molecule has 0 radical (unpaired) electrons. The van der Waals surface area contributed by atoms with Crippen LogP contribution in [-0.2, 0) is 24.1 Å². The molecule has 0 bridgehead atoms. The first-order valence-electron chi connectivity index (χ1n) is 13.3. The fourth-order valence-corrected chi connectivity index (χ4v) is 7.00. The maximum atomic E-state index is 5.55. The van der Waals surface area contributed by atoms with Gasteiger partial charge in [-0.05, 0) is 70.0 Å². The van der Waals surface area contributed by atoms with E-state index in [9.17, 15) is 0 Å². The second kappa shape index (κ2) is 11.0. The predicted octanol–water partition coefficient (Wildman–Crippen LogP) is 4.35. The molecular weight excluding hydrogens is 430 g/mol. The van der Waals surface area contributed by atoms with Crippen LogP contribution in [0.25, 0.3) is 10.2 Å². The number of anilines is 1. The Morgan fingerprint density at radius 3 is 2.64 bits per heavy atom. The molecule has 2 saturated heterocycles. The molecule has 3 aliphatic rings. The van der Waals surface area contributed by atoms with Crippen molar-refractivity contribution >= 4 is 27.4 Å². The molecule has 0 saturated carbocycles. The molecule has 0 atom stereocenters. The fourth-order valence-electron chi connectivity index (χ4n) is 5.73. The Balaban J connectivity index is 1.36. The minimum atomic E-state index is 0.810. The average molecular weight is 472 g/mol. The van der Waals surface area contributed by atoms with Gasteiger partial charge in [-0.25, -0.2) is 9.97 Å². The Bertz CT molecular complexity index is 917. The van der Waals surface area contributed by atoms with Crippen molar-refractivity contribution < 1.29 is 4.74 Å². The number of hydrogen-bond acceptors (Lipinski definition) is 7. The SMILES string of the molecule is CCCCN(C)CC1CCN(c2nc(CN3CCOCC3)nc3sc4c(c23)CCCC4)CC1. The molecule has 0 N–H and O–H groups in total. The zero-order chi connectivity index (χ0) is 22.6. The number of morpholine rings is 1. The Morgan fingerprint density at radius 2 is 1.85 bits per heavy atom. The minimum absolute atomic E-state index is 0.810. The van der Waals surface area contributed by atoms with Crippen molar-refractivity contribution in [1.82, 2.24) is 19.8 Å². The second-order valence-corrected chi connectivity index (χ2v) is 11.4. The second-order valence-electron chi connectivity index (χ2n) is 10.3. The molecule has 2 aromatic rings. The summed E-state index contributed by atoms with van der Waals surface area (Å²) in [6.07, 6.45) is 10.2. The summed E-state index contributed by atoms with van der Waals surface area (Å²) in [4.78, 5) is 20.7. The van der Waals surface area contributed by atoms with Gasteiger partial charge >= 0.3 is 0 Å². The normalized spacial score (nSPS) is 20.6. The molecule has 6 nitrogen and oxygen atoms in total. The first-order valence-corrected chi connectivity index (χ1v) is 14.1. The summed E-state index contributed by atoms with van der Waals surface area (Å²) < 4.78 is 5.55. The van der Waals surface area contributed by atoms with Crippen LogP contribution >= 0.6 is 11.3 Å². The molecule has 0 spiro atoms. The van der Waals surface area contributed by atoms with Crippen LogP contribution in [0.15, 0.2) is 0 Å². The number of piperidine rings is 1. The van der Waals surface area contributed by atoms with Gasteiger partial charge in [0.15, 0.2) is 0 Å². The van der Waals surface area contributed by atoms with Crippen LogP contribution in [0.1, 0.15) is 61.7 Å². The predicted molar refractivity (Wildman–Crippen MR) is 137 cm³/mol. The molecule has 4 heterocycles. The van der Waals surface area contributed by atoms with Crippen molar-refractivity contribution in [3.8, 4) is 0 Å². The molecule has 5 rings (SSSR count). The van der Waals surface area contributed by atoms with Crippen molar-refractivity contribution in [2.24, 2.45) is 5.92 Å². The topological polar surface area (TPSA) is 44.7 Å². The van der Waals surface area contributed by atoms with Gasteiger partial charge < -0.3 is 14.5 Å². The molecule has 182 valence electrons. The number of hydrogen-bond donors (Lipinski definition) is 0. The van der Waals surface area contributed by atoms with Gasteiger partial charge in [-0.2, -0.15) is 0 Å². The van der Waals surface area contributed by atoms with E-state index in [-0.39, 0.29) is 0 Å². The van der Waals surface area contributed by atoms with Crippen molar-refractivity contribution in [1.29, 1.82) is 0 Å². The Hall–Kier alpha value is -1.28. The van der Waals surface area contributed by atoms with E-state index in [4.69, 9.17) is 14.7 Å². The van der Waals surface area contributed by atoms with E-state index in [0.29, 0.717) is 0 Å². The van der Waals surface area contributed by atoms with Gasteiger partial charge in [0.1, 0.15) is 16.5 Å². The molecular formula is C26H41N5OS.